The van der Waals surface area contributed by atoms with Gasteiger partial charge in [-0.3, -0.25) is 0 Å². The Morgan fingerprint density at radius 1 is 1.62 bits per heavy atom. The number of carbonyl (C=O) groups is 1. The summed E-state index contributed by atoms with van der Waals surface area (Å²) in [5.41, 5.74) is 0. The molecule has 4 nitrogen and oxygen atoms in total. The van der Waals surface area contributed by atoms with Gasteiger partial charge in [-0.25, -0.2) is 4.79 Å². The van der Waals surface area contributed by atoms with Crippen LogP contribution in [0.3, 0.4) is 0 Å². The highest BCUT2D eigenvalue weighted by Crippen LogP contribution is 2.21. The molecule has 90 valence electrons. The Kier molecular flexibility index (Phi) is 5.42. The molecule has 0 bridgehead atoms. The van der Waals surface area contributed by atoms with Crippen LogP contribution < -0.4 is 0 Å². The summed E-state index contributed by atoms with van der Waals surface area (Å²) in [6.45, 7) is 0. The van der Waals surface area contributed by atoms with Crippen LogP contribution in [0.2, 0.25) is 0 Å². The summed E-state index contributed by atoms with van der Waals surface area (Å²) in [7, 11) is 1.29. The molecule has 0 spiro atoms. The summed E-state index contributed by atoms with van der Waals surface area (Å²) in [5.74, 6) is 1.02. The summed E-state index contributed by atoms with van der Waals surface area (Å²) in [4.78, 5) is 11.1. The lowest BCUT2D eigenvalue weighted by Crippen LogP contribution is -1.99. The second-order valence-corrected chi connectivity index (χ2v) is 4.33. The first-order valence-electron chi connectivity index (χ1n) is 5.04. The fraction of sp³-hybridized carbons (Fsp3) is 0.545. The fourth-order valence-corrected chi connectivity index (χ4v) is 1.76. The first kappa shape index (κ1) is 13.1. The second-order valence-electron chi connectivity index (χ2n) is 3.34. The SMILES string of the molecule is COC(=O)c1ccc(C(O)CCCSC)o1. The molecule has 0 aliphatic heterocycles. The zero-order valence-corrected chi connectivity index (χ0v) is 10.3. The predicted molar refractivity (Wildman–Crippen MR) is 62.6 cm³/mol. The van der Waals surface area contributed by atoms with E-state index in [0.29, 0.717) is 12.2 Å². The molecule has 1 heterocycles. The van der Waals surface area contributed by atoms with Crippen molar-refractivity contribution in [2.24, 2.45) is 0 Å². The molecule has 0 amide bonds. The molecular weight excluding hydrogens is 228 g/mol. The molecular formula is C11H16O4S. The number of ether oxygens (including phenoxy) is 1. The second kappa shape index (κ2) is 6.60. The molecule has 0 aliphatic carbocycles. The number of thioether (sulfide) groups is 1. The van der Waals surface area contributed by atoms with E-state index in [1.165, 1.54) is 13.2 Å². The topological polar surface area (TPSA) is 59.7 Å². The van der Waals surface area contributed by atoms with E-state index in [2.05, 4.69) is 4.74 Å². The smallest absolute Gasteiger partial charge is 0.373 e. The summed E-state index contributed by atoms with van der Waals surface area (Å²) in [5, 5.41) is 9.76. The maximum absolute atomic E-state index is 11.1. The third-order valence-corrected chi connectivity index (χ3v) is 2.86. The lowest BCUT2D eigenvalue weighted by Gasteiger charge is -2.06. The van der Waals surface area contributed by atoms with Crippen molar-refractivity contribution >= 4 is 17.7 Å². The molecule has 1 atom stereocenters. The van der Waals surface area contributed by atoms with Crippen LogP contribution >= 0.6 is 11.8 Å². The number of furan rings is 1. The molecule has 0 saturated heterocycles. The average molecular weight is 244 g/mol. The summed E-state index contributed by atoms with van der Waals surface area (Å²) in [6, 6.07) is 3.12. The number of rotatable bonds is 6. The van der Waals surface area contributed by atoms with Crippen molar-refractivity contribution in [3.8, 4) is 0 Å². The molecule has 0 aromatic carbocycles. The first-order chi connectivity index (χ1) is 7.69. The fourth-order valence-electron chi connectivity index (χ4n) is 1.31. The number of hydrogen-bond acceptors (Lipinski definition) is 5. The molecule has 1 rings (SSSR count). The van der Waals surface area contributed by atoms with Crippen molar-refractivity contribution in [2.45, 2.75) is 18.9 Å². The van der Waals surface area contributed by atoms with Gasteiger partial charge in [0.05, 0.1) is 7.11 Å². The molecule has 0 aliphatic rings. The minimum Gasteiger partial charge on any atom is -0.463 e. The zero-order chi connectivity index (χ0) is 12.0. The van der Waals surface area contributed by atoms with E-state index in [9.17, 15) is 9.90 Å². The summed E-state index contributed by atoms with van der Waals surface area (Å²) in [6.07, 6.45) is 2.92. The van der Waals surface area contributed by atoms with E-state index in [1.807, 2.05) is 6.26 Å². The number of aliphatic hydroxyl groups excluding tert-OH is 1. The first-order valence-corrected chi connectivity index (χ1v) is 6.43. The lowest BCUT2D eigenvalue weighted by atomic mass is 10.2. The van der Waals surface area contributed by atoms with Gasteiger partial charge >= 0.3 is 5.97 Å². The molecule has 0 saturated carbocycles. The normalized spacial score (nSPS) is 12.4. The van der Waals surface area contributed by atoms with E-state index in [4.69, 9.17) is 4.42 Å². The van der Waals surface area contributed by atoms with Gasteiger partial charge in [-0.2, -0.15) is 11.8 Å². The molecule has 1 aromatic rings. The highest BCUT2D eigenvalue weighted by molar-refractivity contribution is 7.98. The zero-order valence-electron chi connectivity index (χ0n) is 9.43. The Labute approximate surface area is 99.0 Å². The number of aliphatic hydroxyl groups is 1. The quantitative estimate of drug-likeness (QED) is 0.614. The third-order valence-electron chi connectivity index (χ3n) is 2.17. The van der Waals surface area contributed by atoms with Gasteiger partial charge < -0.3 is 14.3 Å². The Bertz CT molecular complexity index is 334. The largest absolute Gasteiger partial charge is 0.463 e. The van der Waals surface area contributed by atoms with Gasteiger partial charge in [0, 0.05) is 0 Å². The van der Waals surface area contributed by atoms with Gasteiger partial charge in [-0.15, -0.1) is 0 Å². The molecule has 0 fully saturated rings. The Balaban J connectivity index is 2.52. The van der Waals surface area contributed by atoms with Gasteiger partial charge in [-0.1, -0.05) is 0 Å². The standard InChI is InChI=1S/C11H16O4S/c1-14-11(13)10-6-5-9(15-10)8(12)4-3-7-16-2/h5-6,8,12H,3-4,7H2,1-2H3. The van der Waals surface area contributed by atoms with Gasteiger partial charge in [0.2, 0.25) is 5.76 Å². The van der Waals surface area contributed by atoms with E-state index in [1.54, 1.807) is 17.8 Å². The Morgan fingerprint density at radius 3 is 3.00 bits per heavy atom. The Hall–Kier alpha value is -0.940. The highest BCUT2D eigenvalue weighted by atomic mass is 32.2. The van der Waals surface area contributed by atoms with Crippen LogP contribution in [-0.4, -0.2) is 30.2 Å². The number of methoxy groups -OCH3 is 1. The van der Waals surface area contributed by atoms with Crippen LogP contribution in [0.4, 0.5) is 0 Å². The van der Waals surface area contributed by atoms with Crippen molar-refractivity contribution in [1.82, 2.24) is 0 Å². The van der Waals surface area contributed by atoms with Crippen LogP contribution in [-0.2, 0) is 4.74 Å². The molecule has 16 heavy (non-hydrogen) atoms. The third kappa shape index (κ3) is 3.57. The van der Waals surface area contributed by atoms with Gasteiger partial charge in [0.1, 0.15) is 11.9 Å². The number of carbonyl (C=O) groups excluding carboxylic acids is 1. The molecule has 5 heteroatoms. The van der Waals surface area contributed by atoms with Crippen molar-refractivity contribution in [3.63, 3.8) is 0 Å². The summed E-state index contributed by atoms with van der Waals surface area (Å²) >= 11 is 1.74. The van der Waals surface area contributed by atoms with Gasteiger partial charge in [0.15, 0.2) is 0 Å². The van der Waals surface area contributed by atoms with E-state index < -0.39 is 12.1 Å². The van der Waals surface area contributed by atoms with E-state index >= 15 is 0 Å². The monoisotopic (exact) mass is 244 g/mol. The Morgan fingerprint density at radius 2 is 2.38 bits per heavy atom. The average Bonchev–Trinajstić information content (AvgIpc) is 2.77. The van der Waals surface area contributed by atoms with Crippen LogP contribution in [0, 0.1) is 0 Å². The number of esters is 1. The van der Waals surface area contributed by atoms with E-state index in [-0.39, 0.29) is 5.76 Å². The van der Waals surface area contributed by atoms with Crippen molar-refractivity contribution in [2.75, 3.05) is 19.1 Å². The van der Waals surface area contributed by atoms with Crippen LogP contribution in [0.1, 0.15) is 35.3 Å². The maximum atomic E-state index is 11.1. The minimum atomic E-state index is -0.648. The van der Waals surface area contributed by atoms with Crippen LogP contribution in [0.5, 0.6) is 0 Å². The van der Waals surface area contributed by atoms with Gasteiger partial charge in [-0.05, 0) is 37.0 Å². The predicted octanol–water partition coefficient (Wildman–Crippen LogP) is 2.24. The molecule has 1 unspecified atom stereocenters. The van der Waals surface area contributed by atoms with Crippen molar-refractivity contribution < 1.29 is 19.1 Å². The number of hydrogen-bond donors (Lipinski definition) is 1. The lowest BCUT2D eigenvalue weighted by molar-refractivity contribution is 0.0553. The minimum absolute atomic E-state index is 0.126. The maximum Gasteiger partial charge on any atom is 0.373 e. The van der Waals surface area contributed by atoms with Gasteiger partial charge in [0.25, 0.3) is 0 Å². The van der Waals surface area contributed by atoms with Crippen molar-refractivity contribution in [1.29, 1.82) is 0 Å². The molecule has 0 radical (unpaired) electrons. The molecule has 1 aromatic heterocycles. The van der Waals surface area contributed by atoms with Crippen molar-refractivity contribution in [3.05, 3.63) is 23.7 Å². The highest BCUT2D eigenvalue weighted by Gasteiger charge is 2.16. The van der Waals surface area contributed by atoms with E-state index in [0.717, 1.165) is 12.2 Å². The summed E-state index contributed by atoms with van der Waals surface area (Å²) < 4.78 is 9.71. The van der Waals surface area contributed by atoms with Crippen LogP contribution in [0.25, 0.3) is 0 Å². The molecule has 1 N–H and O–H groups in total. The van der Waals surface area contributed by atoms with Crippen LogP contribution in [0.15, 0.2) is 16.5 Å².